The van der Waals surface area contributed by atoms with Gasteiger partial charge in [0, 0.05) is 5.56 Å². The summed E-state index contributed by atoms with van der Waals surface area (Å²) in [4.78, 5) is 11.2. The predicted molar refractivity (Wildman–Crippen MR) is 59.7 cm³/mol. The standard InChI is InChI=1S/C12H13ClO2/c1-8(14)10-4-5-11(13)12(6-10)15-7-9-2-3-9/h4-6,9H,2-3,7H2,1H3. The molecule has 0 saturated heterocycles. The van der Waals surface area contributed by atoms with Crippen molar-refractivity contribution >= 4 is 17.4 Å². The van der Waals surface area contributed by atoms with Crippen LogP contribution in [0.15, 0.2) is 18.2 Å². The van der Waals surface area contributed by atoms with Crippen LogP contribution in [-0.2, 0) is 0 Å². The molecule has 80 valence electrons. The van der Waals surface area contributed by atoms with Gasteiger partial charge >= 0.3 is 0 Å². The average molecular weight is 225 g/mol. The minimum absolute atomic E-state index is 0.0305. The number of ketones is 1. The van der Waals surface area contributed by atoms with Gasteiger partial charge in [-0.2, -0.15) is 0 Å². The molecule has 1 fully saturated rings. The fraction of sp³-hybridized carbons (Fsp3) is 0.417. The van der Waals surface area contributed by atoms with Gasteiger partial charge in [0.15, 0.2) is 5.78 Å². The number of hydrogen-bond acceptors (Lipinski definition) is 2. The number of ether oxygens (including phenoxy) is 1. The lowest BCUT2D eigenvalue weighted by Crippen LogP contribution is -2.01. The molecule has 15 heavy (non-hydrogen) atoms. The molecule has 0 radical (unpaired) electrons. The molecule has 0 heterocycles. The summed E-state index contributed by atoms with van der Waals surface area (Å²) in [6.45, 7) is 2.25. The van der Waals surface area contributed by atoms with Crippen LogP contribution >= 0.6 is 11.6 Å². The van der Waals surface area contributed by atoms with E-state index in [4.69, 9.17) is 16.3 Å². The number of rotatable bonds is 4. The first-order valence-electron chi connectivity index (χ1n) is 5.10. The molecule has 0 amide bonds. The van der Waals surface area contributed by atoms with Gasteiger partial charge in [0.05, 0.1) is 11.6 Å². The molecule has 0 unspecified atom stereocenters. The number of benzene rings is 1. The van der Waals surface area contributed by atoms with Crippen LogP contribution in [0.4, 0.5) is 0 Å². The fourth-order valence-corrected chi connectivity index (χ4v) is 1.50. The summed E-state index contributed by atoms with van der Waals surface area (Å²) in [5, 5.41) is 0.570. The maximum absolute atomic E-state index is 11.2. The zero-order chi connectivity index (χ0) is 10.8. The van der Waals surface area contributed by atoms with Crippen molar-refractivity contribution in [2.75, 3.05) is 6.61 Å². The zero-order valence-corrected chi connectivity index (χ0v) is 9.38. The van der Waals surface area contributed by atoms with Crippen molar-refractivity contribution in [2.24, 2.45) is 5.92 Å². The van der Waals surface area contributed by atoms with Crippen molar-refractivity contribution in [1.29, 1.82) is 0 Å². The van der Waals surface area contributed by atoms with E-state index in [1.54, 1.807) is 18.2 Å². The monoisotopic (exact) mass is 224 g/mol. The van der Waals surface area contributed by atoms with Gasteiger partial charge in [-0.3, -0.25) is 4.79 Å². The van der Waals surface area contributed by atoms with Crippen LogP contribution in [0.5, 0.6) is 5.75 Å². The van der Waals surface area contributed by atoms with Crippen LogP contribution in [0.25, 0.3) is 0 Å². The van der Waals surface area contributed by atoms with E-state index in [1.165, 1.54) is 19.8 Å². The topological polar surface area (TPSA) is 26.3 Å². The zero-order valence-electron chi connectivity index (χ0n) is 8.63. The van der Waals surface area contributed by atoms with E-state index >= 15 is 0 Å². The minimum atomic E-state index is 0.0305. The number of carbonyl (C=O) groups excluding carboxylic acids is 1. The molecular formula is C12H13ClO2. The highest BCUT2D eigenvalue weighted by atomic mass is 35.5. The number of Topliss-reactive ketones (excluding diaryl/α,β-unsaturated/α-hetero) is 1. The molecule has 1 aliphatic carbocycles. The Labute approximate surface area is 94.2 Å². The third-order valence-electron chi connectivity index (χ3n) is 2.51. The van der Waals surface area contributed by atoms with Crippen molar-refractivity contribution in [3.63, 3.8) is 0 Å². The highest BCUT2D eigenvalue weighted by Gasteiger charge is 2.22. The largest absolute Gasteiger partial charge is 0.492 e. The van der Waals surface area contributed by atoms with Gasteiger partial charge in [0.2, 0.25) is 0 Å². The molecule has 1 saturated carbocycles. The van der Waals surface area contributed by atoms with Crippen molar-refractivity contribution in [2.45, 2.75) is 19.8 Å². The molecule has 0 bridgehead atoms. The Balaban J connectivity index is 2.12. The summed E-state index contributed by atoms with van der Waals surface area (Å²) in [7, 11) is 0. The van der Waals surface area contributed by atoms with Crippen LogP contribution in [0.2, 0.25) is 5.02 Å². The Morgan fingerprint density at radius 2 is 2.27 bits per heavy atom. The van der Waals surface area contributed by atoms with Gasteiger partial charge in [-0.15, -0.1) is 0 Å². The molecular weight excluding hydrogens is 212 g/mol. The third kappa shape index (κ3) is 2.72. The smallest absolute Gasteiger partial charge is 0.159 e. The molecule has 3 heteroatoms. The van der Waals surface area contributed by atoms with E-state index in [9.17, 15) is 4.79 Å². The first kappa shape index (κ1) is 10.5. The lowest BCUT2D eigenvalue weighted by atomic mass is 10.1. The number of halogens is 1. The molecule has 2 nitrogen and oxygen atoms in total. The van der Waals surface area contributed by atoms with E-state index in [1.807, 2.05) is 0 Å². The summed E-state index contributed by atoms with van der Waals surface area (Å²) >= 11 is 5.97. The summed E-state index contributed by atoms with van der Waals surface area (Å²) in [5.41, 5.74) is 0.644. The number of carbonyl (C=O) groups is 1. The summed E-state index contributed by atoms with van der Waals surface area (Å²) in [6.07, 6.45) is 2.48. The lowest BCUT2D eigenvalue weighted by molar-refractivity contribution is 0.101. The Bertz CT molecular complexity index is 383. The van der Waals surface area contributed by atoms with Gasteiger partial charge in [-0.1, -0.05) is 11.6 Å². The molecule has 0 aromatic heterocycles. The quantitative estimate of drug-likeness (QED) is 0.734. The number of hydrogen-bond donors (Lipinski definition) is 0. The van der Waals surface area contributed by atoms with Crippen molar-refractivity contribution in [3.05, 3.63) is 28.8 Å². The predicted octanol–water partition coefficient (Wildman–Crippen LogP) is 3.33. The summed E-state index contributed by atoms with van der Waals surface area (Å²) < 4.78 is 5.57. The van der Waals surface area contributed by atoms with E-state index in [2.05, 4.69) is 0 Å². The average Bonchev–Trinajstić information content (AvgIpc) is 3.00. The first-order chi connectivity index (χ1) is 7.16. The molecule has 1 aliphatic rings. The maximum Gasteiger partial charge on any atom is 0.159 e. The van der Waals surface area contributed by atoms with E-state index in [0.29, 0.717) is 28.9 Å². The minimum Gasteiger partial charge on any atom is -0.492 e. The summed E-state index contributed by atoms with van der Waals surface area (Å²) in [6, 6.07) is 5.14. The first-order valence-corrected chi connectivity index (χ1v) is 5.48. The highest BCUT2D eigenvalue weighted by Crippen LogP contribution is 2.32. The molecule has 0 aliphatic heterocycles. The van der Waals surface area contributed by atoms with E-state index in [0.717, 1.165) is 0 Å². The Morgan fingerprint density at radius 3 is 2.87 bits per heavy atom. The molecule has 0 atom stereocenters. The van der Waals surface area contributed by atoms with Crippen molar-refractivity contribution < 1.29 is 9.53 Å². The molecule has 1 aromatic carbocycles. The van der Waals surface area contributed by atoms with Crippen LogP contribution in [0, 0.1) is 5.92 Å². The Hall–Kier alpha value is -1.02. The second kappa shape index (κ2) is 4.23. The van der Waals surface area contributed by atoms with E-state index in [-0.39, 0.29) is 5.78 Å². The Kier molecular flexibility index (Phi) is 2.96. The lowest BCUT2D eigenvalue weighted by Gasteiger charge is -2.08. The van der Waals surface area contributed by atoms with Crippen molar-refractivity contribution in [1.82, 2.24) is 0 Å². The van der Waals surface area contributed by atoms with Gasteiger partial charge in [-0.05, 0) is 43.9 Å². The maximum atomic E-state index is 11.2. The molecule has 2 rings (SSSR count). The van der Waals surface area contributed by atoms with E-state index < -0.39 is 0 Å². The fourth-order valence-electron chi connectivity index (χ4n) is 1.33. The van der Waals surface area contributed by atoms with Gasteiger partial charge in [0.1, 0.15) is 5.75 Å². The summed E-state index contributed by atoms with van der Waals surface area (Å²) in [5.74, 6) is 1.33. The van der Waals surface area contributed by atoms with Crippen LogP contribution in [-0.4, -0.2) is 12.4 Å². The van der Waals surface area contributed by atoms with Crippen LogP contribution in [0.1, 0.15) is 30.1 Å². The normalized spacial score (nSPS) is 15.1. The van der Waals surface area contributed by atoms with Crippen LogP contribution in [0.3, 0.4) is 0 Å². The second-order valence-corrected chi connectivity index (χ2v) is 4.36. The van der Waals surface area contributed by atoms with Crippen molar-refractivity contribution in [3.8, 4) is 5.75 Å². The van der Waals surface area contributed by atoms with Gasteiger partial charge in [0.25, 0.3) is 0 Å². The van der Waals surface area contributed by atoms with Gasteiger partial charge in [-0.25, -0.2) is 0 Å². The molecule has 0 N–H and O–H groups in total. The SMILES string of the molecule is CC(=O)c1ccc(Cl)c(OCC2CC2)c1. The molecule has 1 aromatic rings. The Morgan fingerprint density at radius 1 is 1.53 bits per heavy atom. The van der Waals surface area contributed by atoms with Gasteiger partial charge < -0.3 is 4.74 Å². The van der Waals surface area contributed by atoms with Crippen LogP contribution < -0.4 is 4.74 Å². The highest BCUT2D eigenvalue weighted by molar-refractivity contribution is 6.32. The second-order valence-electron chi connectivity index (χ2n) is 3.96. The molecule has 0 spiro atoms. The third-order valence-corrected chi connectivity index (χ3v) is 2.82.